The number of ketones is 1. The lowest BCUT2D eigenvalue weighted by Gasteiger charge is -2.30. The van der Waals surface area contributed by atoms with Gasteiger partial charge in [0.05, 0.1) is 4.88 Å². The molecule has 0 unspecified atom stereocenters. The van der Waals surface area contributed by atoms with E-state index in [1.807, 2.05) is 18.4 Å². The molecule has 1 fully saturated rings. The number of aliphatic hydroxyl groups is 1. The Morgan fingerprint density at radius 3 is 2.60 bits per heavy atom. The molecule has 3 heteroatoms. The van der Waals surface area contributed by atoms with Gasteiger partial charge < -0.3 is 5.11 Å². The molecule has 0 radical (unpaired) electrons. The summed E-state index contributed by atoms with van der Waals surface area (Å²) in [5, 5.41) is 12.2. The first kappa shape index (κ1) is 10.8. The van der Waals surface area contributed by atoms with Gasteiger partial charge in [-0.25, -0.2) is 0 Å². The third-order valence-corrected chi connectivity index (χ3v) is 4.19. The Hall–Kier alpha value is -0.670. The molecule has 2 nitrogen and oxygen atoms in total. The highest BCUT2D eigenvalue weighted by Gasteiger charge is 2.38. The molecule has 1 aromatic rings. The minimum atomic E-state index is -1.08. The van der Waals surface area contributed by atoms with Crippen LogP contribution in [-0.4, -0.2) is 16.5 Å². The van der Waals surface area contributed by atoms with Gasteiger partial charge in [0.15, 0.2) is 0 Å². The molecule has 0 bridgehead atoms. The van der Waals surface area contributed by atoms with Crippen LogP contribution < -0.4 is 0 Å². The Bertz CT molecular complexity index is 361. The molecule has 1 aliphatic carbocycles. The molecule has 1 heterocycles. The van der Waals surface area contributed by atoms with Crippen LogP contribution in [0.2, 0.25) is 0 Å². The van der Waals surface area contributed by atoms with E-state index in [1.165, 1.54) is 11.3 Å². The summed E-state index contributed by atoms with van der Waals surface area (Å²) in [6, 6.07) is 1.93. The summed E-state index contributed by atoms with van der Waals surface area (Å²) >= 11 is 1.44. The van der Waals surface area contributed by atoms with Crippen LogP contribution in [0, 0.1) is 6.92 Å². The Morgan fingerprint density at radius 1 is 1.40 bits per heavy atom. The zero-order valence-electron chi connectivity index (χ0n) is 8.95. The second-order valence-corrected chi connectivity index (χ2v) is 5.27. The molecule has 1 saturated carbocycles. The number of Topliss-reactive ketones (excluding diaryl/α,β-unsaturated/α-hetero) is 1. The molecule has 0 spiro atoms. The van der Waals surface area contributed by atoms with E-state index >= 15 is 0 Å². The maximum absolute atomic E-state index is 12.2. The van der Waals surface area contributed by atoms with Crippen molar-refractivity contribution in [1.29, 1.82) is 0 Å². The standard InChI is InChI=1S/C12H16O2S/c1-9-5-8-15-10(9)11(13)12(14)6-3-2-4-7-12/h5,8,14H,2-4,6-7H2,1H3. The fraction of sp³-hybridized carbons (Fsp3) is 0.583. The quantitative estimate of drug-likeness (QED) is 0.784. The monoisotopic (exact) mass is 224 g/mol. The highest BCUT2D eigenvalue weighted by atomic mass is 32.1. The van der Waals surface area contributed by atoms with Crippen molar-refractivity contribution in [3.63, 3.8) is 0 Å². The van der Waals surface area contributed by atoms with Crippen molar-refractivity contribution in [2.45, 2.75) is 44.6 Å². The molecule has 0 saturated heterocycles. The summed E-state index contributed by atoms with van der Waals surface area (Å²) in [6.07, 6.45) is 4.32. The Labute approximate surface area is 93.9 Å². The Kier molecular flexibility index (Phi) is 2.94. The van der Waals surface area contributed by atoms with Crippen LogP contribution in [0.3, 0.4) is 0 Å². The number of hydrogen-bond donors (Lipinski definition) is 1. The third-order valence-electron chi connectivity index (χ3n) is 3.17. The van der Waals surface area contributed by atoms with Crippen LogP contribution in [0.15, 0.2) is 11.4 Å². The fourth-order valence-electron chi connectivity index (χ4n) is 2.18. The van der Waals surface area contributed by atoms with Crippen LogP contribution >= 0.6 is 11.3 Å². The number of hydrogen-bond acceptors (Lipinski definition) is 3. The molecule has 15 heavy (non-hydrogen) atoms. The van der Waals surface area contributed by atoms with Gasteiger partial charge in [0.1, 0.15) is 5.60 Å². The van der Waals surface area contributed by atoms with E-state index in [-0.39, 0.29) is 5.78 Å². The topological polar surface area (TPSA) is 37.3 Å². The molecule has 2 rings (SSSR count). The Morgan fingerprint density at radius 2 is 2.07 bits per heavy atom. The van der Waals surface area contributed by atoms with Gasteiger partial charge in [-0.15, -0.1) is 11.3 Å². The summed E-state index contributed by atoms with van der Waals surface area (Å²) in [4.78, 5) is 12.9. The first-order chi connectivity index (χ1) is 7.13. The predicted molar refractivity (Wildman–Crippen MR) is 61.4 cm³/mol. The van der Waals surface area contributed by atoms with Gasteiger partial charge >= 0.3 is 0 Å². The lowest BCUT2D eigenvalue weighted by molar-refractivity contribution is 0.0120. The normalized spacial score (nSPS) is 20.1. The van der Waals surface area contributed by atoms with Crippen LogP contribution in [0.4, 0.5) is 0 Å². The average Bonchev–Trinajstić information content (AvgIpc) is 2.64. The molecule has 0 atom stereocenters. The van der Waals surface area contributed by atoms with E-state index in [0.29, 0.717) is 12.8 Å². The first-order valence-electron chi connectivity index (χ1n) is 5.45. The molecule has 82 valence electrons. The molecule has 1 N–H and O–H groups in total. The molecular formula is C12H16O2S. The van der Waals surface area contributed by atoms with Crippen molar-refractivity contribution in [2.75, 3.05) is 0 Å². The van der Waals surface area contributed by atoms with Crippen molar-refractivity contribution in [3.8, 4) is 0 Å². The minimum absolute atomic E-state index is 0.0605. The zero-order chi connectivity index (χ0) is 10.9. The summed E-state index contributed by atoms with van der Waals surface area (Å²) in [5.41, 5.74) is -0.0857. The average molecular weight is 224 g/mol. The van der Waals surface area contributed by atoms with Crippen molar-refractivity contribution in [3.05, 3.63) is 21.9 Å². The van der Waals surface area contributed by atoms with Crippen LogP contribution in [0.5, 0.6) is 0 Å². The summed E-state index contributed by atoms with van der Waals surface area (Å²) in [7, 11) is 0. The van der Waals surface area contributed by atoms with Crippen LogP contribution in [-0.2, 0) is 0 Å². The SMILES string of the molecule is Cc1ccsc1C(=O)C1(O)CCCCC1. The predicted octanol–water partition coefficient (Wildman–Crippen LogP) is 2.93. The smallest absolute Gasteiger partial charge is 0.204 e. The van der Waals surface area contributed by atoms with Gasteiger partial charge in [-0.05, 0) is 36.8 Å². The van der Waals surface area contributed by atoms with E-state index in [1.54, 1.807) is 0 Å². The minimum Gasteiger partial charge on any atom is -0.382 e. The Balaban J connectivity index is 2.23. The zero-order valence-corrected chi connectivity index (χ0v) is 9.77. The van der Waals surface area contributed by atoms with Crippen LogP contribution in [0.1, 0.15) is 47.3 Å². The van der Waals surface area contributed by atoms with Crippen molar-refractivity contribution in [1.82, 2.24) is 0 Å². The second-order valence-electron chi connectivity index (χ2n) is 4.35. The van der Waals surface area contributed by atoms with Crippen molar-refractivity contribution in [2.24, 2.45) is 0 Å². The lowest BCUT2D eigenvalue weighted by atomic mass is 9.81. The number of rotatable bonds is 2. The molecule has 0 amide bonds. The highest BCUT2D eigenvalue weighted by molar-refractivity contribution is 7.12. The largest absolute Gasteiger partial charge is 0.382 e. The van der Waals surface area contributed by atoms with Crippen molar-refractivity contribution >= 4 is 17.1 Å². The lowest BCUT2D eigenvalue weighted by Crippen LogP contribution is -2.40. The summed E-state index contributed by atoms with van der Waals surface area (Å²) in [6.45, 7) is 1.93. The van der Waals surface area contributed by atoms with E-state index in [0.717, 1.165) is 29.7 Å². The maximum Gasteiger partial charge on any atom is 0.204 e. The van der Waals surface area contributed by atoms with Crippen molar-refractivity contribution < 1.29 is 9.90 Å². The van der Waals surface area contributed by atoms with Gasteiger partial charge in [-0.3, -0.25) is 4.79 Å². The fourth-order valence-corrected chi connectivity index (χ4v) is 3.14. The van der Waals surface area contributed by atoms with Gasteiger partial charge in [-0.1, -0.05) is 19.3 Å². The molecule has 0 aliphatic heterocycles. The van der Waals surface area contributed by atoms with Gasteiger partial charge in [0, 0.05) is 0 Å². The van der Waals surface area contributed by atoms with E-state index in [4.69, 9.17) is 0 Å². The summed E-state index contributed by atoms with van der Waals surface area (Å²) < 4.78 is 0. The van der Waals surface area contributed by atoms with E-state index < -0.39 is 5.60 Å². The van der Waals surface area contributed by atoms with Gasteiger partial charge in [0.25, 0.3) is 0 Å². The second kappa shape index (κ2) is 4.06. The van der Waals surface area contributed by atoms with Crippen LogP contribution in [0.25, 0.3) is 0 Å². The molecular weight excluding hydrogens is 208 g/mol. The van der Waals surface area contributed by atoms with Gasteiger partial charge in [-0.2, -0.15) is 0 Å². The highest BCUT2D eigenvalue weighted by Crippen LogP contribution is 2.33. The molecule has 1 aliphatic rings. The van der Waals surface area contributed by atoms with Gasteiger partial charge in [0.2, 0.25) is 5.78 Å². The molecule has 0 aromatic carbocycles. The third kappa shape index (κ3) is 1.99. The summed E-state index contributed by atoms with van der Waals surface area (Å²) in [5.74, 6) is -0.0605. The number of carbonyl (C=O) groups excluding carboxylic acids is 1. The number of thiophene rings is 1. The van der Waals surface area contributed by atoms with E-state index in [2.05, 4.69) is 0 Å². The first-order valence-corrected chi connectivity index (χ1v) is 6.33. The maximum atomic E-state index is 12.2. The number of carbonyl (C=O) groups is 1. The van der Waals surface area contributed by atoms with E-state index in [9.17, 15) is 9.90 Å². The number of aryl methyl sites for hydroxylation is 1. The molecule has 1 aromatic heterocycles.